The average Bonchev–Trinajstić information content (AvgIpc) is 2.89. The highest BCUT2D eigenvalue weighted by Gasteiger charge is 2.57. The first kappa shape index (κ1) is 36.6. The van der Waals surface area contributed by atoms with Crippen LogP contribution in [0.4, 0.5) is 4.39 Å². The van der Waals surface area contributed by atoms with Crippen LogP contribution in [0.2, 0.25) is 0 Å². The highest BCUT2D eigenvalue weighted by molar-refractivity contribution is 7.52. The van der Waals surface area contributed by atoms with Gasteiger partial charge < -0.3 is 32.9 Å². The Morgan fingerprint density at radius 1 is 0.864 bits per heavy atom. The van der Waals surface area contributed by atoms with E-state index in [9.17, 15) is 28.5 Å². The second-order valence-electron chi connectivity index (χ2n) is 9.85. The molecule has 0 amide bonds. The van der Waals surface area contributed by atoms with Gasteiger partial charge in [-0.3, -0.25) is 28.5 Å². The molecule has 8 atom stereocenters. The Labute approximate surface area is 253 Å². The summed E-state index contributed by atoms with van der Waals surface area (Å²) < 4.78 is 72.5. The smallest absolute Gasteiger partial charge is 0.461 e. The van der Waals surface area contributed by atoms with Gasteiger partial charge >= 0.3 is 37.6 Å². The van der Waals surface area contributed by atoms with Gasteiger partial charge in [-0.2, -0.15) is 5.09 Å². The van der Waals surface area contributed by atoms with Crippen LogP contribution in [0.15, 0.2) is 30.3 Å². The Kier molecular flexibility index (Phi) is 13.7. The molecule has 1 heterocycles. The Balaban J connectivity index is 2.62. The Morgan fingerprint density at radius 3 is 1.93 bits per heavy atom. The first-order chi connectivity index (χ1) is 20.5. The summed E-state index contributed by atoms with van der Waals surface area (Å²) in [5.74, 6) is -4.58. The van der Waals surface area contributed by atoms with Crippen molar-refractivity contribution in [3.63, 3.8) is 0 Å². The van der Waals surface area contributed by atoms with Gasteiger partial charge in [0.2, 0.25) is 6.29 Å². The zero-order chi connectivity index (χ0) is 33.2. The number of rotatable bonds is 14. The monoisotopic (exact) mass is 649 g/mol. The minimum Gasteiger partial charge on any atom is -0.463 e. The highest BCUT2D eigenvalue weighted by Crippen LogP contribution is 2.48. The predicted molar refractivity (Wildman–Crippen MR) is 146 cm³/mol. The molecule has 246 valence electrons. The van der Waals surface area contributed by atoms with Crippen molar-refractivity contribution in [2.75, 3.05) is 6.61 Å². The number of esters is 5. The number of hydrogen-bond donors (Lipinski definition) is 1. The molecule has 1 aliphatic rings. The van der Waals surface area contributed by atoms with Crippen LogP contribution < -0.4 is 9.61 Å². The number of alkyl halides is 1. The van der Waals surface area contributed by atoms with Crippen molar-refractivity contribution in [3.05, 3.63) is 30.3 Å². The number of carbonyl (C=O) groups excluding carboxylic acids is 5. The van der Waals surface area contributed by atoms with E-state index >= 15 is 4.39 Å². The molecule has 6 unspecified atom stereocenters. The van der Waals surface area contributed by atoms with Crippen molar-refractivity contribution in [2.45, 2.75) is 97.5 Å². The van der Waals surface area contributed by atoms with Crippen LogP contribution >= 0.6 is 7.75 Å². The summed E-state index contributed by atoms with van der Waals surface area (Å²) in [5, 5.41) is 2.41. The van der Waals surface area contributed by atoms with Crippen LogP contribution in [0.1, 0.15) is 48.5 Å². The van der Waals surface area contributed by atoms with Gasteiger partial charge in [-0.05, 0) is 32.9 Å². The van der Waals surface area contributed by atoms with Crippen LogP contribution in [0.5, 0.6) is 5.75 Å². The molecular formula is C27H37FNO14P. The molecule has 0 spiro atoms. The molecule has 15 nitrogen and oxygen atoms in total. The van der Waals surface area contributed by atoms with E-state index in [1.807, 2.05) is 0 Å². The van der Waals surface area contributed by atoms with Crippen LogP contribution in [0, 0.1) is 0 Å². The molecule has 2 rings (SSSR count). The normalized spacial score (nSPS) is 24.2. The largest absolute Gasteiger partial charge is 0.463 e. The average molecular weight is 650 g/mol. The van der Waals surface area contributed by atoms with Crippen molar-refractivity contribution in [1.29, 1.82) is 0 Å². The quantitative estimate of drug-likeness (QED) is 0.176. The number of ether oxygens (including phenoxy) is 6. The molecule has 1 aromatic rings. The summed E-state index contributed by atoms with van der Waals surface area (Å²) in [6, 6.07) is 6.26. The van der Waals surface area contributed by atoms with Crippen molar-refractivity contribution < 1.29 is 70.4 Å². The SMILES string of the molecule is CC(=O)OC[C@H](F)C1OC(OP(=O)(N[C@@H](C)C(=O)OC(C)C)Oc2ccccc2)C(OC(C)=O)C(OC(C)=O)C1OC(C)=O. The fraction of sp³-hybridized carbons (Fsp3) is 0.593. The predicted octanol–water partition coefficient (Wildman–Crippen LogP) is 2.54. The third kappa shape index (κ3) is 11.5. The maximum Gasteiger partial charge on any atom is 0.461 e. The lowest BCUT2D eigenvalue weighted by molar-refractivity contribution is -0.295. The number of carbonyl (C=O) groups is 5. The van der Waals surface area contributed by atoms with E-state index in [2.05, 4.69) is 5.09 Å². The first-order valence-electron chi connectivity index (χ1n) is 13.5. The zero-order valence-corrected chi connectivity index (χ0v) is 26.1. The topological polar surface area (TPSA) is 188 Å². The van der Waals surface area contributed by atoms with E-state index in [1.54, 1.807) is 32.0 Å². The molecule has 0 aromatic heterocycles. The van der Waals surface area contributed by atoms with Crippen LogP contribution in [0.25, 0.3) is 0 Å². The number of benzene rings is 1. The fourth-order valence-corrected chi connectivity index (χ4v) is 5.51. The third-order valence-corrected chi connectivity index (χ3v) is 7.15. The van der Waals surface area contributed by atoms with E-state index in [0.717, 1.165) is 27.7 Å². The highest BCUT2D eigenvalue weighted by atomic mass is 31.2. The lowest BCUT2D eigenvalue weighted by atomic mass is 9.95. The number of hydrogen-bond acceptors (Lipinski definition) is 14. The second-order valence-corrected chi connectivity index (χ2v) is 11.5. The summed E-state index contributed by atoms with van der Waals surface area (Å²) in [4.78, 5) is 60.2. The van der Waals surface area contributed by atoms with Gasteiger partial charge in [0.25, 0.3) is 0 Å². The minimum atomic E-state index is -4.76. The maximum absolute atomic E-state index is 15.6. The molecule has 0 saturated carbocycles. The fourth-order valence-electron chi connectivity index (χ4n) is 3.93. The van der Waals surface area contributed by atoms with Crippen LogP contribution in [-0.2, 0) is 61.5 Å². The molecular weight excluding hydrogens is 612 g/mol. The molecule has 1 fully saturated rings. The lowest BCUT2D eigenvalue weighted by Crippen LogP contribution is -2.64. The maximum atomic E-state index is 15.6. The summed E-state index contributed by atoms with van der Waals surface area (Å²) >= 11 is 0. The molecule has 0 radical (unpaired) electrons. The summed E-state index contributed by atoms with van der Waals surface area (Å²) in [6.07, 6.45) is -12.1. The van der Waals surface area contributed by atoms with Crippen molar-refractivity contribution in [3.8, 4) is 5.75 Å². The van der Waals surface area contributed by atoms with Gasteiger partial charge in [-0.1, -0.05) is 18.2 Å². The Morgan fingerprint density at radius 2 is 1.41 bits per heavy atom. The number of para-hydroxylation sites is 1. The summed E-state index contributed by atoms with van der Waals surface area (Å²) in [7, 11) is -4.76. The van der Waals surface area contributed by atoms with Crippen LogP contribution in [-0.4, -0.2) is 85.5 Å². The molecule has 1 aromatic carbocycles. The van der Waals surface area contributed by atoms with E-state index in [-0.39, 0.29) is 5.75 Å². The van der Waals surface area contributed by atoms with Crippen molar-refractivity contribution in [2.24, 2.45) is 0 Å². The Hall–Kier alpha value is -3.59. The van der Waals surface area contributed by atoms with E-state index in [0.29, 0.717) is 0 Å². The van der Waals surface area contributed by atoms with Gasteiger partial charge in [0, 0.05) is 27.7 Å². The summed E-state index contributed by atoms with van der Waals surface area (Å²) in [6.45, 7) is 7.56. The van der Waals surface area contributed by atoms with E-state index in [1.165, 1.54) is 19.1 Å². The van der Waals surface area contributed by atoms with Crippen LogP contribution in [0.3, 0.4) is 0 Å². The standard InChI is InChI=1S/C27H37FNO14P/c1-14(2)37-26(34)15(3)29-44(35,42-20-11-9-8-10-12-20)43-27-25(40-19(7)33)24(39-18(6)32)23(38-17(5)31)22(41-27)21(28)13-36-16(4)30/h8-12,14-15,21-25,27H,13H2,1-7H3,(H,29,35)/t15-,21-,22?,23?,24?,25?,27?,44?/m0/s1. The second kappa shape index (κ2) is 16.5. The number of halogens is 1. The molecule has 0 bridgehead atoms. The molecule has 0 aliphatic carbocycles. The molecule has 1 saturated heterocycles. The van der Waals surface area contributed by atoms with E-state index in [4.69, 9.17) is 37.5 Å². The van der Waals surface area contributed by atoms with Gasteiger partial charge in [0.1, 0.15) is 24.5 Å². The lowest BCUT2D eigenvalue weighted by Gasteiger charge is -2.45. The van der Waals surface area contributed by atoms with Gasteiger partial charge in [0.15, 0.2) is 24.5 Å². The molecule has 1 N–H and O–H groups in total. The minimum absolute atomic E-state index is 0.00305. The van der Waals surface area contributed by atoms with Crippen molar-refractivity contribution in [1.82, 2.24) is 5.09 Å². The van der Waals surface area contributed by atoms with Crippen molar-refractivity contribution >= 4 is 37.6 Å². The molecule has 44 heavy (non-hydrogen) atoms. The van der Waals surface area contributed by atoms with Gasteiger partial charge in [-0.15, -0.1) is 0 Å². The van der Waals surface area contributed by atoms with E-state index < -0.39 is 93.2 Å². The molecule has 1 aliphatic heterocycles. The third-order valence-electron chi connectivity index (χ3n) is 5.51. The Bertz CT molecular complexity index is 1210. The number of nitrogens with one attached hydrogen (secondary N) is 1. The first-order valence-corrected chi connectivity index (χ1v) is 15.0. The van der Waals surface area contributed by atoms with Gasteiger partial charge in [0.05, 0.1) is 6.10 Å². The zero-order valence-electron chi connectivity index (χ0n) is 25.3. The summed E-state index contributed by atoms with van der Waals surface area (Å²) in [5.41, 5.74) is 0. The molecule has 17 heteroatoms. The van der Waals surface area contributed by atoms with Gasteiger partial charge in [-0.25, -0.2) is 8.96 Å².